The standard InChI is InChI=1S/C29H31F2N3O2/c1-4-33-24-18-23(30)27(36-19-20-8-6-5-7-9-20)25(31)26(24)34(28(33)35)22-12-10-21(11-13-22)32-16-14-29(2,3)15-17-32/h5-13,18H,4,14-17,19H2,1-3H3. The number of aromatic nitrogens is 2. The van der Waals surface area contributed by atoms with Crippen molar-refractivity contribution in [3.05, 3.63) is 88.3 Å². The molecule has 0 amide bonds. The van der Waals surface area contributed by atoms with Crippen molar-refractivity contribution in [3.63, 3.8) is 0 Å². The van der Waals surface area contributed by atoms with Crippen molar-refractivity contribution in [2.45, 2.75) is 46.8 Å². The molecule has 1 aliphatic heterocycles. The van der Waals surface area contributed by atoms with Gasteiger partial charge in [0.1, 0.15) is 12.1 Å². The van der Waals surface area contributed by atoms with Crippen molar-refractivity contribution in [3.8, 4) is 11.4 Å². The van der Waals surface area contributed by atoms with Crippen LogP contribution in [0.5, 0.6) is 5.75 Å². The molecular formula is C29H31F2N3O2. The van der Waals surface area contributed by atoms with E-state index in [-0.39, 0.29) is 24.2 Å². The minimum atomic E-state index is -0.882. The summed E-state index contributed by atoms with van der Waals surface area (Å²) >= 11 is 0. The number of rotatable bonds is 6. The molecule has 0 spiro atoms. The fraction of sp³-hybridized carbons (Fsp3) is 0.345. The minimum Gasteiger partial charge on any atom is -0.483 e. The van der Waals surface area contributed by atoms with Crippen LogP contribution in [0.3, 0.4) is 0 Å². The van der Waals surface area contributed by atoms with E-state index in [0.29, 0.717) is 11.1 Å². The highest BCUT2D eigenvalue weighted by atomic mass is 19.1. The zero-order valence-corrected chi connectivity index (χ0v) is 20.9. The Morgan fingerprint density at radius 1 is 0.944 bits per heavy atom. The molecule has 0 bridgehead atoms. The lowest BCUT2D eigenvalue weighted by atomic mass is 9.82. The summed E-state index contributed by atoms with van der Waals surface area (Å²) in [6, 6.07) is 17.9. The highest BCUT2D eigenvalue weighted by Gasteiger charge is 2.26. The molecule has 0 aliphatic carbocycles. The molecule has 1 fully saturated rings. The summed E-state index contributed by atoms with van der Waals surface area (Å²) in [6.07, 6.45) is 2.22. The second kappa shape index (κ2) is 9.45. The van der Waals surface area contributed by atoms with E-state index in [4.69, 9.17) is 4.74 Å². The Balaban J connectivity index is 1.54. The molecule has 0 unspecified atom stereocenters. The number of piperidine rings is 1. The van der Waals surface area contributed by atoms with Crippen LogP contribution in [-0.2, 0) is 13.2 Å². The monoisotopic (exact) mass is 491 g/mol. The molecule has 36 heavy (non-hydrogen) atoms. The third kappa shape index (κ3) is 4.38. The highest BCUT2D eigenvalue weighted by Crippen LogP contribution is 2.34. The van der Waals surface area contributed by atoms with E-state index < -0.39 is 23.1 Å². The van der Waals surface area contributed by atoms with Gasteiger partial charge >= 0.3 is 5.69 Å². The van der Waals surface area contributed by atoms with Crippen LogP contribution in [0, 0.1) is 17.0 Å². The smallest absolute Gasteiger partial charge is 0.333 e. The van der Waals surface area contributed by atoms with Gasteiger partial charge in [-0.05, 0) is 55.0 Å². The summed E-state index contributed by atoms with van der Waals surface area (Å²) in [6.45, 7) is 8.60. The van der Waals surface area contributed by atoms with Gasteiger partial charge in [0.25, 0.3) is 0 Å². The van der Waals surface area contributed by atoms with Crippen molar-refractivity contribution in [1.29, 1.82) is 0 Å². The molecule has 5 rings (SSSR count). The van der Waals surface area contributed by atoms with Crippen molar-refractivity contribution >= 4 is 16.7 Å². The molecule has 4 aromatic rings. The van der Waals surface area contributed by atoms with Gasteiger partial charge in [-0.25, -0.2) is 13.6 Å². The Kier molecular flexibility index (Phi) is 6.33. The molecule has 188 valence electrons. The number of hydrogen-bond donors (Lipinski definition) is 0. The van der Waals surface area contributed by atoms with E-state index in [1.165, 1.54) is 15.2 Å². The Hall–Kier alpha value is -3.61. The molecule has 0 radical (unpaired) electrons. The number of aryl methyl sites for hydroxylation is 1. The lowest BCUT2D eigenvalue weighted by molar-refractivity contribution is 0.275. The van der Waals surface area contributed by atoms with Crippen LogP contribution in [0.2, 0.25) is 0 Å². The maximum Gasteiger partial charge on any atom is 0.333 e. The Morgan fingerprint density at radius 3 is 2.22 bits per heavy atom. The normalized spacial score (nSPS) is 15.4. The third-order valence-electron chi connectivity index (χ3n) is 7.20. The van der Waals surface area contributed by atoms with Crippen molar-refractivity contribution in [2.75, 3.05) is 18.0 Å². The zero-order chi connectivity index (χ0) is 25.4. The number of fused-ring (bicyclic) bond motifs is 1. The Bertz CT molecular complexity index is 1430. The average molecular weight is 492 g/mol. The Labute approximate surface area is 209 Å². The summed E-state index contributed by atoms with van der Waals surface area (Å²) in [7, 11) is 0. The van der Waals surface area contributed by atoms with Crippen LogP contribution in [0.15, 0.2) is 65.5 Å². The van der Waals surface area contributed by atoms with Crippen LogP contribution >= 0.6 is 0 Å². The van der Waals surface area contributed by atoms with E-state index >= 15 is 4.39 Å². The van der Waals surface area contributed by atoms with E-state index in [1.807, 2.05) is 54.6 Å². The fourth-order valence-electron chi connectivity index (χ4n) is 4.91. The van der Waals surface area contributed by atoms with Gasteiger partial charge in [0.2, 0.25) is 0 Å². The first-order chi connectivity index (χ1) is 17.3. The van der Waals surface area contributed by atoms with Gasteiger partial charge in [0, 0.05) is 31.4 Å². The van der Waals surface area contributed by atoms with Crippen LogP contribution in [0.25, 0.3) is 16.7 Å². The number of nitrogens with zero attached hydrogens (tertiary/aromatic N) is 3. The van der Waals surface area contributed by atoms with Crippen molar-refractivity contribution < 1.29 is 13.5 Å². The third-order valence-corrected chi connectivity index (χ3v) is 7.20. The first-order valence-electron chi connectivity index (χ1n) is 12.4. The quantitative estimate of drug-likeness (QED) is 0.318. The second-order valence-electron chi connectivity index (χ2n) is 10.2. The van der Waals surface area contributed by atoms with Crippen LogP contribution in [0.4, 0.5) is 14.5 Å². The lowest BCUT2D eigenvalue weighted by Crippen LogP contribution is -2.37. The first kappa shape index (κ1) is 24.1. The first-order valence-corrected chi connectivity index (χ1v) is 12.4. The molecule has 1 saturated heterocycles. The molecule has 3 aromatic carbocycles. The van der Waals surface area contributed by atoms with Gasteiger partial charge in [-0.15, -0.1) is 0 Å². The average Bonchev–Trinajstić information content (AvgIpc) is 3.15. The minimum absolute atomic E-state index is 0.0128. The largest absolute Gasteiger partial charge is 0.483 e. The molecule has 0 N–H and O–H groups in total. The van der Waals surface area contributed by atoms with E-state index in [2.05, 4.69) is 18.7 Å². The molecule has 2 heterocycles. The molecule has 1 aromatic heterocycles. The van der Waals surface area contributed by atoms with Gasteiger partial charge in [-0.2, -0.15) is 0 Å². The molecule has 5 nitrogen and oxygen atoms in total. The topological polar surface area (TPSA) is 39.4 Å². The predicted octanol–water partition coefficient (Wildman–Crippen LogP) is 6.30. The van der Waals surface area contributed by atoms with E-state index in [1.54, 1.807) is 6.92 Å². The molecule has 0 atom stereocenters. The summed E-state index contributed by atoms with van der Waals surface area (Å²) in [5.74, 6) is -2.20. The molecule has 7 heteroatoms. The van der Waals surface area contributed by atoms with Gasteiger partial charge < -0.3 is 9.64 Å². The number of halogens is 2. The molecule has 0 saturated carbocycles. The van der Waals surface area contributed by atoms with Gasteiger partial charge in [0.05, 0.1) is 11.2 Å². The second-order valence-corrected chi connectivity index (χ2v) is 10.2. The lowest BCUT2D eigenvalue weighted by Gasteiger charge is -2.38. The summed E-state index contributed by atoms with van der Waals surface area (Å²) in [5, 5.41) is 0. The van der Waals surface area contributed by atoms with Crippen LogP contribution < -0.4 is 15.3 Å². The fourth-order valence-corrected chi connectivity index (χ4v) is 4.91. The number of imidazole rings is 1. The van der Waals surface area contributed by atoms with Crippen molar-refractivity contribution in [2.24, 2.45) is 5.41 Å². The van der Waals surface area contributed by atoms with Gasteiger partial charge in [-0.3, -0.25) is 9.13 Å². The summed E-state index contributed by atoms with van der Waals surface area (Å²) < 4.78 is 39.0. The zero-order valence-electron chi connectivity index (χ0n) is 20.9. The van der Waals surface area contributed by atoms with E-state index in [0.717, 1.165) is 37.2 Å². The number of hydrogen-bond acceptors (Lipinski definition) is 3. The number of benzene rings is 3. The van der Waals surface area contributed by atoms with Gasteiger partial charge in [0.15, 0.2) is 17.4 Å². The van der Waals surface area contributed by atoms with Gasteiger partial charge in [-0.1, -0.05) is 44.2 Å². The maximum absolute atomic E-state index is 15.8. The number of ether oxygens (including phenoxy) is 1. The SMILES string of the molecule is CCn1c(=O)n(-c2ccc(N3CCC(C)(C)CC3)cc2)c2c(F)c(OCc3ccccc3)c(F)cc21. The highest BCUT2D eigenvalue weighted by molar-refractivity contribution is 5.81. The van der Waals surface area contributed by atoms with Crippen LogP contribution in [0.1, 0.15) is 39.2 Å². The van der Waals surface area contributed by atoms with E-state index in [9.17, 15) is 9.18 Å². The molecule has 1 aliphatic rings. The Morgan fingerprint density at radius 2 is 1.58 bits per heavy atom. The summed E-state index contributed by atoms with van der Waals surface area (Å²) in [4.78, 5) is 15.6. The number of anilines is 1. The maximum atomic E-state index is 15.8. The van der Waals surface area contributed by atoms with Crippen molar-refractivity contribution in [1.82, 2.24) is 9.13 Å². The van der Waals surface area contributed by atoms with Crippen LogP contribution in [-0.4, -0.2) is 22.2 Å². The summed E-state index contributed by atoms with van der Waals surface area (Å²) in [5.41, 5.74) is 2.53. The molecular weight excluding hydrogens is 460 g/mol. The predicted molar refractivity (Wildman–Crippen MR) is 139 cm³/mol.